The van der Waals surface area contributed by atoms with Crippen LogP contribution in [0.4, 0.5) is 8.78 Å². The second-order valence-electron chi connectivity index (χ2n) is 3.24. The molecule has 0 aromatic carbocycles. The van der Waals surface area contributed by atoms with Crippen LogP contribution in [0, 0.1) is 14.9 Å². The first kappa shape index (κ1) is 14.8. The monoisotopic (exact) mass is 366 g/mol. The first-order chi connectivity index (χ1) is 8.49. The number of carbonyl (C=O) groups excluding carboxylic acids is 1. The van der Waals surface area contributed by atoms with Crippen molar-refractivity contribution in [1.82, 2.24) is 4.98 Å². The molecule has 1 aromatic rings. The quantitative estimate of drug-likeness (QED) is 0.607. The van der Waals surface area contributed by atoms with E-state index in [1.807, 2.05) is 0 Å². The van der Waals surface area contributed by atoms with Crippen LogP contribution in [-0.4, -0.2) is 17.6 Å². The Kier molecular flexibility index (Phi) is 5.40. The average molecular weight is 366 g/mol. The molecule has 0 saturated heterocycles. The lowest BCUT2D eigenvalue weighted by molar-refractivity contribution is -0.142. The highest BCUT2D eigenvalue weighted by Crippen LogP contribution is 2.28. The molecule has 0 N–H and O–H groups in total. The van der Waals surface area contributed by atoms with Gasteiger partial charge in [0.1, 0.15) is 11.8 Å². The van der Waals surface area contributed by atoms with Crippen LogP contribution in [0.1, 0.15) is 30.3 Å². The zero-order chi connectivity index (χ0) is 13.7. The van der Waals surface area contributed by atoms with Crippen molar-refractivity contribution >= 4 is 28.6 Å². The van der Waals surface area contributed by atoms with E-state index in [-0.39, 0.29) is 33.5 Å². The van der Waals surface area contributed by atoms with E-state index >= 15 is 0 Å². The van der Waals surface area contributed by atoms with E-state index in [2.05, 4.69) is 9.72 Å². The number of rotatable bonds is 4. The second-order valence-corrected chi connectivity index (χ2v) is 4.41. The van der Waals surface area contributed by atoms with E-state index in [9.17, 15) is 13.6 Å². The van der Waals surface area contributed by atoms with Gasteiger partial charge in [0.05, 0.1) is 24.3 Å². The number of hydrogen-bond donors (Lipinski definition) is 0. The Morgan fingerprint density at radius 2 is 2.33 bits per heavy atom. The average Bonchev–Trinajstić information content (AvgIpc) is 2.27. The van der Waals surface area contributed by atoms with Gasteiger partial charge in [-0.2, -0.15) is 5.26 Å². The zero-order valence-electron chi connectivity index (χ0n) is 9.41. The molecule has 1 rings (SSSR count). The first-order valence-corrected chi connectivity index (χ1v) is 6.10. The van der Waals surface area contributed by atoms with Crippen molar-refractivity contribution in [2.24, 2.45) is 0 Å². The number of nitrogens with zero attached hydrogens (tertiary/aromatic N) is 2. The maximum absolute atomic E-state index is 12.9. The van der Waals surface area contributed by atoms with Gasteiger partial charge in [0.2, 0.25) is 0 Å². The second kappa shape index (κ2) is 6.58. The minimum Gasteiger partial charge on any atom is -0.466 e. The van der Waals surface area contributed by atoms with Crippen molar-refractivity contribution in [1.29, 1.82) is 5.26 Å². The fourth-order valence-electron chi connectivity index (χ4n) is 1.34. The molecule has 0 aliphatic rings. The Balaban J connectivity index is 3.18. The van der Waals surface area contributed by atoms with Crippen LogP contribution in [0.15, 0.2) is 6.07 Å². The Bertz CT molecular complexity index is 501. The highest BCUT2D eigenvalue weighted by molar-refractivity contribution is 14.1. The normalized spacial score (nSPS) is 10.2. The van der Waals surface area contributed by atoms with Crippen molar-refractivity contribution in [3.05, 3.63) is 26.6 Å². The lowest BCUT2D eigenvalue weighted by Crippen LogP contribution is -2.13. The van der Waals surface area contributed by atoms with Crippen LogP contribution in [0.2, 0.25) is 0 Å². The van der Waals surface area contributed by atoms with E-state index in [1.165, 1.54) is 6.07 Å². The molecular formula is C11H9F2IN2O2. The number of alkyl halides is 2. The van der Waals surface area contributed by atoms with Crippen molar-refractivity contribution < 1.29 is 18.3 Å². The molecular weight excluding hydrogens is 357 g/mol. The van der Waals surface area contributed by atoms with Crippen LogP contribution in [0.5, 0.6) is 0 Å². The number of nitriles is 1. The molecule has 0 fully saturated rings. The minimum atomic E-state index is -2.75. The summed E-state index contributed by atoms with van der Waals surface area (Å²) >= 11 is 1.70. The van der Waals surface area contributed by atoms with E-state index in [0.29, 0.717) is 0 Å². The van der Waals surface area contributed by atoms with Crippen LogP contribution < -0.4 is 0 Å². The predicted molar refractivity (Wildman–Crippen MR) is 67.0 cm³/mol. The van der Waals surface area contributed by atoms with Gasteiger partial charge in [-0.1, -0.05) is 0 Å². The molecule has 0 radical (unpaired) electrons. The molecule has 1 aromatic heterocycles. The molecule has 0 atom stereocenters. The summed E-state index contributed by atoms with van der Waals surface area (Å²) in [6, 6.07) is 3.03. The summed E-state index contributed by atoms with van der Waals surface area (Å²) in [7, 11) is 0. The van der Waals surface area contributed by atoms with Gasteiger partial charge in [-0.25, -0.2) is 13.8 Å². The topological polar surface area (TPSA) is 63.0 Å². The molecule has 0 amide bonds. The van der Waals surface area contributed by atoms with Gasteiger partial charge in [0.25, 0.3) is 6.43 Å². The number of esters is 1. The Morgan fingerprint density at radius 1 is 1.67 bits per heavy atom. The highest BCUT2D eigenvalue weighted by Gasteiger charge is 2.21. The SMILES string of the molecule is CCOC(=O)Cc1nc(C#N)cc(I)c1C(F)F. The molecule has 0 unspecified atom stereocenters. The van der Waals surface area contributed by atoms with Crippen LogP contribution in [0.3, 0.4) is 0 Å². The Hall–Kier alpha value is -1.30. The molecule has 18 heavy (non-hydrogen) atoms. The van der Waals surface area contributed by atoms with Gasteiger partial charge in [0.15, 0.2) is 0 Å². The van der Waals surface area contributed by atoms with Crippen LogP contribution in [0.25, 0.3) is 0 Å². The molecule has 0 spiro atoms. The lowest BCUT2D eigenvalue weighted by Gasteiger charge is -2.10. The number of pyridine rings is 1. The van der Waals surface area contributed by atoms with Gasteiger partial charge in [-0.05, 0) is 35.6 Å². The smallest absolute Gasteiger partial charge is 0.311 e. The van der Waals surface area contributed by atoms with Crippen molar-refractivity contribution in [3.8, 4) is 6.07 Å². The summed E-state index contributed by atoms with van der Waals surface area (Å²) in [4.78, 5) is 15.1. The summed E-state index contributed by atoms with van der Waals surface area (Å²) < 4.78 is 30.7. The molecule has 0 aliphatic heterocycles. The van der Waals surface area contributed by atoms with E-state index < -0.39 is 12.4 Å². The number of aromatic nitrogens is 1. The summed E-state index contributed by atoms with van der Waals surface area (Å²) in [6.45, 7) is 1.78. The number of hydrogen-bond acceptors (Lipinski definition) is 4. The fourth-order valence-corrected chi connectivity index (χ4v) is 2.19. The summed E-state index contributed by atoms with van der Waals surface area (Å²) in [5.41, 5.74) is -0.419. The first-order valence-electron chi connectivity index (χ1n) is 5.02. The maximum atomic E-state index is 12.9. The third-order valence-corrected chi connectivity index (χ3v) is 2.93. The van der Waals surface area contributed by atoms with Crippen molar-refractivity contribution in [2.45, 2.75) is 19.8 Å². The summed E-state index contributed by atoms with van der Waals surface area (Å²) in [5, 5.41) is 8.73. The molecule has 96 valence electrons. The van der Waals surface area contributed by atoms with Crippen LogP contribution in [-0.2, 0) is 16.0 Å². The zero-order valence-corrected chi connectivity index (χ0v) is 11.6. The summed E-state index contributed by atoms with van der Waals surface area (Å²) in [6.07, 6.45) is -3.11. The van der Waals surface area contributed by atoms with Gasteiger partial charge < -0.3 is 4.74 Å². The number of halogens is 3. The predicted octanol–water partition coefficient (Wildman–Crippen LogP) is 2.60. The van der Waals surface area contributed by atoms with Gasteiger partial charge in [-0.3, -0.25) is 4.79 Å². The molecule has 1 heterocycles. The van der Waals surface area contributed by atoms with E-state index in [1.54, 1.807) is 35.6 Å². The molecule has 7 heteroatoms. The molecule has 0 aliphatic carbocycles. The maximum Gasteiger partial charge on any atom is 0.311 e. The van der Waals surface area contributed by atoms with Gasteiger partial charge >= 0.3 is 5.97 Å². The standard InChI is InChI=1S/C11H9F2IN2O2/c1-2-18-9(17)4-8-10(11(12)13)7(14)3-6(5-15)16-8/h3,11H,2,4H2,1H3. The fraction of sp³-hybridized carbons (Fsp3) is 0.364. The lowest BCUT2D eigenvalue weighted by atomic mass is 10.1. The third-order valence-electron chi connectivity index (χ3n) is 2.04. The molecule has 4 nitrogen and oxygen atoms in total. The Labute approximate surface area is 116 Å². The Morgan fingerprint density at radius 3 is 2.83 bits per heavy atom. The van der Waals surface area contributed by atoms with Gasteiger partial charge in [-0.15, -0.1) is 0 Å². The third kappa shape index (κ3) is 3.60. The summed E-state index contributed by atoms with van der Waals surface area (Å²) in [5.74, 6) is -0.641. The number of ether oxygens (including phenoxy) is 1. The van der Waals surface area contributed by atoms with Crippen molar-refractivity contribution in [3.63, 3.8) is 0 Å². The molecule has 0 saturated carbocycles. The number of carbonyl (C=O) groups is 1. The minimum absolute atomic E-state index is 0.00287. The van der Waals surface area contributed by atoms with Crippen molar-refractivity contribution in [2.75, 3.05) is 6.61 Å². The molecule has 0 bridgehead atoms. The van der Waals surface area contributed by atoms with Gasteiger partial charge in [0, 0.05) is 3.57 Å². The largest absolute Gasteiger partial charge is 0.466 e. The highest BCUT2D eigenvalue weighted by atomic mass is 127. The van der Waals surface area contributed by atoms with Crippen LogP contribution >= 0.6 is 22.6 Å². The van der Waals surface area contributed by atoms with E-state index in [4.69, 9.17) is 5.26 Å². The van der Waals surface area contributed by atoms with E-state index in [0.717, 1.165) is 0 Å².